The third-order valence-corrected chi connectivity index (χ3v) is 2.14. The second kappa shape index (κ2) is 3.65. The number of carboxylic acids is 1. The zero-order valence-electron chi connectivity index (χ0n) is 8.19. The van der Waals surface area contributed by atoms with E-state index in [1.54, 1.807) is 24.3 Å². The first kappa shape index (κ1) is 9.58. The molecule has 1 aliphatic heterocycles. The number of fused-ring (bicyclic) bond motifs is 1. The van der Waals surface area contributed by atoms with E-state index < -0.39 is 5.97 Å². The van der Waals surface area contributed by atoms with Crippen LogP contribution in [-0.4, -0.2) is 17.9 Å². The highest BCUT2D eigenvalue weighted by molar-refractivity contribution is 5.92. The van der Waals surface area contributed by atoms with Crippen LogP contribution in [0.2, 0.25) is 0 Å². The van der Waals surface area contributed by atoms with Gasteiger partial charge in [-0.15, -0.1) is 0 Å². The van der Waals surface area contributed by atoms with E-state index in [9.17, 15) is 4.79 Å². The van der Waals surface area contributed by atoms with Gasteiger partial charge in [-0.2, -0.15) is 0 Å². The number of rotatable bonds is 2. The Hall–Kier alpha value is -1.97. The Morgan fingerprint density at radius 2 is 2.27 bits per heavy atom. The minimum Gasteiger partial charge on any atom is -0.478 e. The lowest BCUT2D eigenvalue weighted by molar-refractivity contribution is -0.132. The molecule has 0 amide bonds. The molecule has 0 unspecified atom stereocenters. The number of aliphatic carboxylic acids is 1. The van der Waals surface area contributed by atoms with Crippen molar-refractivity contribution in [1.29, 1.82) is 0 Å². The first-order valence-corrected chi connectivity index (χ1v) is 4.48. The molecule has 0 saturated heterocycles. The van der Waals surface area contributed by atoms with Crippen LogP contribution in [0.1, 0.15) is 12.5 Å². The summed E-state index contributed by atoms with van der Waals surface area (Å²) in [6, 6.07) is 5.38. The molecule has 1 aromatic rings. The van der Waals surface area contributed by atoms with Gasteiger partial charge in [0.05, 0.1) is 0 Å². The van der Waals surface area contributed by atoms with E-state index >= 15 is 0 Å². The molecule has 4 nitrogen and oxygen atoms in total. The van der Waals surface area contributed by atoms with Crippen molar-refractivity contribution in [3.63, 3.8) is 0 Å². The molecule has 0 spiro atoms. The van der Waals surface area contributed by atoms with Crippen molar-refractivity contribution < 1.29 is 19.4 Å². The maximum absolute atomic E-state index is 10.7. The molecule has 78 valence electrons. The summed E-state index contributed by atoms with van der Waals surface area (Å²) in [6.07, 6.45) is 1.57. The van der Waals surface area contributed by atoms with Crippen LogP contribution in [0.5, 0.6) is 11.5 Å². The summed E-state index contributed by atoms with van der Waals surface area (Å²) >= 11 is 0. The molecule has 1 aliphatic rings. The van der Waals surface area contributed by atoms with Crippen LogP contribution in [0.25, 0.3) is 6.08 Å². The van der Waals surface area contributed by atoms with Crippen molar-refractivity contribution >= 4 is 12.0 Å². The number of hydrogen-bond donors (Lipinski definition) is 1. The molecule has 0 fully saturated rings. The molecular formula is C11H10O4. The monoisotopic (exact) mass is 206 g/mol. The Morgan fingerprint density at radius 3 is 3.00 bits per heavy atom. The Balaban J connectivity index is 2.42. The van der Waals surface area contributed by atoms with Crippen LogP contribution < -0.4 is 9.47 Å². The van der Waals surface area contributed by atoms with Gasteiger partial charge in [-0.25, -0.2) is 4.79 Å². The van der Waals surface area contributed by atoms with E-state index in [1.165, 1.54) is 6.92 Å². The van der Waals surface area contributed by atoms with Gasteiger partial charge in [-0.05, 0) is 19.1 Å². The highest BCUT2D eigenvalue weighted by Crippen LogP contribution is 2.36. The summed E-state index contributed by atoms with van der Waals surface area (Å²) in [5.74, 6) is 0.326. The third kappa shape index (κ3) is 1.79. The van der Waals surface area contributed by atoms with Crippen LogP contribution >= 0.6 is 0 Å². The van der Waals surface area contributed by atoms with Crippen LogP contribution in [0.3, 0.4) is 0 Å². The Morgan fingerprint density at radius 1 is 1.47 bits per heavy atom. The maximum Gasteiger partial charge on any atom is 0.331 e. The number of carboxylic acid groups (broad SMARTS) is 1. The fraction of sp³-hybridized carbons (Fsp3) is 0.182. The summed E-state index contributed by atoms with van der Waals surface area (Å²) < 4.78 is 10.4. The summed E-state index contributed by atoms with van der Waals surface area (Å²) in [7, 11) is 0. The predicted molar refractivity (Wildman–Crippen MR) is 53.9 cm³/mol. The van der Waals surface area contributed by atoms with Crippen molar-refractivity contribution in [2.75, 3.05) is 6.79 Å². The van der Waals surface area contributed by atoms with Crippen molar-refractivity contribution in [3.05, 3.63) is 29.3 Å². The lowest BCUT2D eigenvalue weighted by atomic mass is 10.1. The number of ether oxygens (including phenoxy) is 2. The zero-order valence-corrected chi connectivity index (χ0v) is 8.19. The third-order valence-electron chi connectivity index (χ3n) is 2.14. The van der Waals surface area contributed by atoms with E-state index in [1.807, 2.05) is 0 Å². The first-order chi connectivity index (χ1) is 7.18. The molecule has 4 heteroatoms. The van der Waals surface area contributed by atoms with Crippen LogP contribution in [0.4, 0.5) is 0 Å². The van der Waals surface area contributed by atoms with Crippen LogP contribution in [0.15, 0.2) is 23.8 Å². The molecule has 1 aromatic carbocycles. The SMILES string of the molecule is C/C(=C/c1cccc2c1OCO2)C(=O)O. The van der Waals surface area contributed by atoms with Crippen molar-refractivity contribution in [3.8, 4) is 11.5 Å². The van der Waals surface area contributed by atoms with Gasteiger partial charge in [0.2, 0.25) is 6.79 Å². The zero-order chi connectivity index (χ0) is 10.8. The van der Waals surface area contributed by atoms with Crippen molar-refractivity contribution in [2.24, 2.45) is 0 Å². The molecule has 2 rings (SSSR count). The largest absolute Gasteiger partial charge is 0.478 e. The van der Waals surface area contributed by atoms with Gasteiger partial charge in [-0.3, -0.25) is 0 Å². The highest BCUT2D eigenvalue weighted by Gasteiger charge is 2.16. The number of para-hydroxylation sites is 1. The Kier molecular flexibility index (Phi) is 2.33. The van der Waals surface area contributed by atoms with E-state index in [-0.39, 0.29) is 12.4 Å². The molecule has 0 saturated carbocycles. The van der Waals surface area contributed by atoms with Gasteiger partial charge in [0, 0.05) is 11.1 Å². The van der Waals surface area contributed by atoms with E-state index in [0.29, 0.717) is 11.5 Å². The predicted octanol–water partition coefficient (Wildman–Crippen LogP) is 1.90. The molecule has 1 N–H and O–H groups in total. The topological polar surface area (TPSA) is 55.8 Å². The molecule has 0 radical (unpaired) electrons. The number of hydrogen-bond acceptors (Lipinski definition) is 3. The van der Waals surface area contributed by atoms with Crippen molar-refractivity contribution in [2.45, 2.75) is 6.92 Å². The summed E-state index contributed by atoms with van der Waals surface area (Å²) in [6.45, 7) is 1.73. The summed E-state index contributed by atoms with van der Waals surface area (Å²) in [5.41, 5.74) is 0.990. The molecule has 1 heterocycles. The molecule has 0 atom stereocenters. The second-order valence-electron chi connectivity index (χ2n) is 3.21. The fourth-order valence-electron chi connectivity index (χ4n) is 1.36. The number of benzene rings is 1. The minimum absolute atomic E-state index is 0.187. The van der Waals surface area contributed by atoms with Gasteiger partial charge in [0.1, 0.15) is 0 Å². The fourth-order valence-corrected chi connectivity index (χ4v) is 1.36. The molecule has 15 heavy (non-hydrogen) atoms. The smallest absolute Gasteiger partial charge is 0.331 e. The summed E-state index contributed by atoms with van der Waals surface area (Å²) in [4.78, 5) is 10.7. The highest BCUT2D eigenvalue weighted by atomic mass is 16.7. The average molecular weight is 206 g/mol. The Bertz CT molecular complexity index is 434. The Labute approximate surface area is 86.7 Å². The lowest BCUT2D eigenvalue weighted by Gasteiger charge is -2.01. The molecule has 0 aliphatic carbocycles. The van der Waals surface area contributed by atoms with Gasteiger partial charge in [0.25, 0.3) is 0 Å². The molecule has 0 aromatic heterocycles. The molecule has 0 bridgehead atoms. The second-order valence-corrected chi connectivity index (χ2v) is 3.21. The number of carbonyl (C=O) groups is 1. The standard InChI is InChI=1S/C11H10O4/c1-7(11(12)13)5-8-3-2-4-9-10(8)15-6-14-9/h2-5H,6H2,1H3,(H,12,13)/b7-5-. The summed E-state index contributed by atoms with van der Waals surface area (Å²) in [5, 5.41) is 8.75. The lowest BCUT2D eigenvalue weighted by Crippen LogP contribution is -1.96. The van der Waals surface area contributed by atoms with Crippen molar-refractivity contribution in [1.82, 2.24) is 0 Å². The minimum atomic E-state index is -0.938. The maximum atomic E-state index is 10.7. The van der Waals surface area contributed by atoms with Gasteiger partial charge in [-0.1, -0.05) is 12.1 Å². The first-order valence-electron chi connectivity index (χ1n) is 4.48. The quantitative estimate of drug-likeness (QED) is 0.751. The van der Waals surface area contributed by atoms with Gasteiger partial charge < -0.3 is 14.6 Å². The van der Waals surface area contributed by atoms with Gasteiger partial charge in [0.15, 0.2) is 11.5 Å². The van der Waals surface area contributed by atoms with E-state index in [0.717, 1.165) is 5.56 Å². The average Bonchev–Trinajstić information content (AvgIpc) is 2.66. The van der Waals surface area contributed by atoms with Crippen LogP contribution in [0, 0.1) is 0 Å². The van der Waals surface area contributed by atoms with Gasteiger partial charge >= 0.3 is 5.97 Å². The normalized spacial score (nSPS) is 14.1. The molecular weight excluding hydrogens is 196 g/mol. The van der Waals surface area contributed by atoms with E-state index in [2.05, 4.69) is 0 Å². The van der Waals surface area contributed by atoms with Crippen LogP contribution in [-0.2, 0) is 4.79 Å². The van der Waals surface area contributed by atoms with E-state index in [4.69, 9.17) is 14.6 Å².